The first kappa shape index (κ1) is 6.32. The van der Waals surface area contributed by atoms with Gasteiger partial charge in [-0.15, -0.1) is 0 Å². The quantitative estimate of drug-likeness (QED) is 0.319. The lowest BCUT2D eigenvalue weighted by Crippen LogP contribution is -2.32. The SMILES string of the molecule is [O-][n+]1cc2c(cn1)[C@H]1C[C@@H]2[C@@H]2O[C@@H]21. The lowest BCUT2D eigenvalue weighted by atomic mass is 9.95. The number of rotatable bonds is 0. The van der Waals surface area contributed by atoms with Crippen molar-refractivity contribution in [2.24, 2.45) is 0 Å². The molecule has 4 atom stereocenters. The lowest BCUT2D eigenvalue weighted by molar-refractivity contribution is -0.669. The summed E-state index contributed by atoms with van der Waals surface area (Å²) in [7, 11) is 0. The van der Waals surface area contributed by atoms with Crippen LogP contribution < -0.4 is 4.85 Å². The normalized spacial score (nSPS) is 43.1. The molecule has 0 aromatic carbocycles. The fraction of sp³-hybridized carbons (Fsp3) is 0.556. The summed E-state index contributed by atoms with van der Waals surface area (Å²) in [4.78, 5) is 0.650. The molecule has 1 aliphatic heterocycles. The van der Waals surface area contributed by atoms with Crippen molar-refractivity contribution in [2.75, 3.05) is 0 Å². The topological polar surface area (TPSA) is 52.4 Å². The van der Waals surface area contributed by atoms with Gasteiger partial charge >= 0.3 is 0 Å². The summed E-state index contributed by atoms with van der Waals surface area (Å²) >= 11 is 0. The minimum atomic E-state index is 0.417. The number of ether oxygens (including phenoxy) is 1. The van der Waals surface area contributed by atoms with Crippen LogP contribution in [0.2, 0.25) is 0 Å². The molecule has 2 fully saturated rings. The van der Waals surface area contributed by atoms with E-state index < -0.39 is 0 Å². The van der Waals surface area contributed by atoms with E-state index in [1.165, 1.54) is 11.1 Å². The molecule has 2 heterocycles. The minimum absolute atomic E-state index is 0.417. The zero-order valence-electron chi connectivity index (χ0n) is 6.88. The molecule has 1 saturated carbocycles. The zero-order valence-corrected chi connectivity index (χ0v) is 6.88. The van der Waals surface area contributed by atoms with E-state index in [1.54, 1.807) is 12.4 Å². The molecule has 2 aliphatic carbocycles. The summed E-state index contributed by atoms with van der Waals surface area (Å²) in [6.07, 6.45) is 5.35. The van der Waals surface area contributed by atoms with Crippen molar-refractivity contribution in [3.63, 3.8) is 0 Å². The van der Waals surface area contributed by atoms with Gasteiger partial charge in [-0.05, 0) is 12.0 Å². The van der Waals surface area contributed by atoms with E-state index in [0.717, 1.165) is 6.42 Å². The maximum absolute atomic E-state index is 11.0. The van der Waals surface area contributed by atoms with Gasteiger partial charge in [0.25, 0.3) is 0 Å². The number of fused-ring (bicyclic) bond motifs is 8. The molecule has 0 spiro atoms. The van der Waals surface area contributed by atoms with Crippen molar-refractivity contribution in [2.45, 2.75) is 30.5 Å². The van der Waals surface area contributed by atoms with Crippen LogP contribution >= 0.6 is 0 Å². The van der Waals surface area contributed by atoms with Gasteiger partial charge in [0.15, 0.2) is 0 Å². The van der Waals surface area contributed by atoms with Gasteiger partial charge < -0.3 is 9.94 Å². The third-order valence-corrected chi connectivity index (χ3v) is 3.55. The lowest BCUT2D eigenvalue weighted by Gasteiger charge is -2.07. The number of aromatic nitrogens is 2. The maximum atomic E-state index is 11.0. The molecule has 1 aromatic heterocycles. The summed E-state index contributed by atoms with van der Waals surface area (Å²) in [5.41, 5.74) is 2.42. The second-order valence-electron chi connectivity index (χ2n) is 4.10. The molecule has 4 nitrogen and oxygen atoms in total. The maximum Gasteiger partial charge on any atom is 0.213 e. The average molecular weight is 176 g/mol. The first-order chi connectivity index (χ1) is 6.34. The van der Waals surface area contributed by atoms with Crippen LogP contribution in [0.15, 0.2) is 12.4 Å². The summed E-state index contributed by atoms with van der Waals surface area (Å²) in [6.45, 7) is 0. The zero-order chi connectivity index (χ0) is 8.58. The van der Waals surface area contributed by atoms with Crippen molar-refractivity contribution in [1.29, 1.82) is 0 Å². The summed E-state index contributed by atoms with van der Waals surface area (Å²) in [5, 5.41) is 14.7. The highest BCUT2D eigenvalue weighted by molar-refractivity contribution is 5.43. The van der Waals surface area contributed by atoms with Crippen LogP contribution in [-0.2, 0) is 4.74 Å². The Labute approximate surface area is 74.7 Å². The smallest absolute Gasteiger partial charge is 0.213 e. The summed E-state index contributed by atoms with van der Waals surface area (Å²) < 4.78 is 5.52. The van der Waals surface area contributed by atoms with E-state index in [1.807, 2.05) is 0 Å². The van der Waals surface area contributed by atoms with Crippen molar-refractivity contribution < 1.29 is 9.58 Å². The van der Waals surface area contributed by atoms with Gasteiger partial charge in [0.1, 0.15) is 0 Å². The van der Waals surface area contributed by atoms with Crippen molar-refractivity contribution in [1.82, 2.24) is 5.10 Å². The Bertz CT molecular complexity index is 407. The fourth-order valence-corrected chi connectivity index (χ4v) is 2.97. The second-order valence-corrected chi connectivity index (χ2v) is 4.10. The standard InChI is InChI=1S/C9H8N2O2/c12-11-3-7-5-1-4(6(7)2-10-11)8-9(5)13-8/h2-5,8-9H,1H2/t4-,5+,8-,9+/m1/s1. The second kappa shape index (κ2) is 1.70. The number of hydrogen-bond donors (Lipinski definition) is 0. The molecule has 3 aliphatic rings. The highest BCUT2D eigenvalue weighted by Gasteiger charge is 2.62. The third kappa shape index (κ3) is 0.592. The molecule has 1 saturated heterocycles. The molecular formula is C9H8N2O2. The molecule has 4 rings (SSSR count). The Morgan fingerprint density at radius 2 is 2.15 bits per heavy atom. The Morgan fingerprint density at radius 3 is 3.00 bits per heavy atom. The number of epoxide rings is 1. The van der Waals surface area contributed by atoms with Gasteiger partial charge in [-0.1, -0.05) is 4.85 Å². The van der Waals surface area contributed by atoms with Gasteiger partial charge in [0.05, 0.1) is 18.4 Å². The van der Waals surface area contributed by atoms with Gasteiger partial charge in [0.2, 0.25) is 6.20 Å². The minimum Gasteiger partial charge on any atom is -0.594 e. The molecule has 13 heavy (non-hydrogen) atoms. The molecule has 2 bridgehead atoms. The summed E-state index contributed by atoms with van der Waals surface area (Å²) in [6, 6.07) is 0. The largest absolute Gasteiger partial charge is 0.594 e. The van der Waals surface area contributed by atoms with E-state index in [-0.39, 0.29) is 0 Å². The van der Waals surface area contributed by atoms with Crippen LogP contribution in [0.4, 0.5) is 0 Å². The van der Waals surface area contributed by atoms with Crippen molar-refractivity contribution in [3.05, 3.63) is 28.7 Å². The highest BCUT2D eigenvalue weighted by Crippen LogP contribution is 2.62. The van der Waals surface area contributed by atoms with Crippen LogP contribution in [0.3, 0.4) is 0 Å². The molecule has 4 heteroatoms. The number of nitrogens with zero attached hydrogens (tertiary/aromatic N) is 2. The molecule has 0 radical (unpaired) electrons. The Kier molecular flexibility index (Phi) is 0.827. The highest BCUT2D eigenvalue weighted by atomic mass is 16.6. The monoisotopic (exact) mass is 176 g/mol. The molecule has 0 N–H and O–H groups in total. The van der Waals surface area contributed by atoms with Crippen LogP contribution in [0.1, 0.15) is 29.4 Å². The van der Waals surface area contributed by atoms with E-state index >= 15 is 0 Å². The predicted octanol–water partition coefficient (Wildman–Crippen LogP) is 0.0669. The van der Waals surface area contributed by atoms with Crippen molar-refractivity contribution in [3.8, 4) is 0 Å². The predicted molar refractivity (Wildman–Crippen MR) is 42.0 cm³/mol. The first-order valence-electron chi connectivity index (χ1n) is 4.59. The van der Waals surface area contributed by atoms with Crippen LogP contribution in [-0.4, -0.2) is 17.3 Å². The van der Waals surface area contributed by atoms with E-state index in [4.69, 9.17) is 4.74 Å². The Balaban J connectivity index is 1.97. The van der Waals surface area contributed by atoms with Gasteiger partial charge in [-0.25, -0.2) is 0 Å². The molecule has 66 valence electrons. The Hall–Kier alpha value is -1.16. The van der Waals surface area contributed by atoms with E-state index in [0.29, 0.717) is 28.9 Å². The fourth-order valence-electron chi connectivity index (χ4n) is 2.97. The first-order valence-corrected chi connectivity index (χ1v) is 4.59. The van der Waals surface area contributed by atoms with Gasteiger partial charge in [0, 0.05) is 22.5 Å². The summed E-state index contributed by atoms with van der Waals surface area (Å²) in [5.74, 6) is 1.01. The molecular weight excluding hydrogens is 168 g/mol. The van der Waals surface area contributed by atoms with E-state index in [2.05, 4.69) is 5.10 Å². The van der Waals surface area contributed by atoms with Crippen molar-refractivity contribution >= 4 is 0 Å². The average Bonchev–Trinajstić information content (AvgIpc) is 2.75. The van der Waals surface area contributed by atoms with Gasteiger partial charge in [-0.2, -0.15) is 0 Å². The molecule has 0 amide bonds. The van der Waals surface area contributed by atoms with Crippen LogP contribution in [0.25, 0.3) is 0 Å². The third-order valence-electron chi connectivity index (χ3n) is 3.55. The molecule has 0 unspecified atom stereocenters. The molecule has 1 aromatic rings. The Morgan fingerprint density at radius 1 is 1.38 bits per heavy atom. The number of hydrogen-bond acceptors (Lipinski definition) is 3. The van der Waals surface area contributed by atoms with Gasteiger partial charge in [-0.3, -0.25) is 0 Å². The van der Waals surface area contributed by atoms with E-state index in [9.17, 15) is 5.21 Å². The van der Waals surface area contributed by atoms with Crippen LogP contribution in [0, 0.1) is 5.21 Å². The van der Waals surface area contributed by atoms with Crippen LogP contribution in [0.5, 0.6) is 0 Å².